The number of thiophene rings is 1. The van der Waals surface area contributed by atoms with Crippen molar-refractivity contribution in [3.05, 3.63) is 39.5 Å². The molecule has 0 saturated heterocycles. The van der Waals surface area contributed by atoms with Gasteiger partial charge in [-0.05, 0) is 35.2 Å². The molecule has 2 aromatic heterocycles. The Hall–Kier alpha value is -0.670. The van der Waals surface area contributed by atoms with Crippen LogP contribution in [-0.4, -0.2) is 4.98 Å². The fourth-order valence-corrected chi connectivity index (χ4v) is 2.77. The maximum Gasteiger partial charge on any atom is 0.0791 e. The highest BCUT2D eigenvalue weighted by atomic mass is 32.1. The number of hydrogen-bond acceptors (Lipinski definition) is 3. The van der Waals surface area contributed by atoms with Crippen LogP contribution in [0.3, 0.4) is 0 Å². The van der Waals surface area contributed by atoms with Crippen molar-refractivity contribution in [1.82, 2.24) is 4.98 Å². The summed E-state index contributed by atoms with van der Waals surface area (Å²) in [5, 5.41) is 6.37. The molecule has 0 aliphatic rings. The average molecular weight is 281 g/mol. The Labute approximate surface area is 119 Å². The first kappa shape index (κ1) is 15.4. The van der Waals surface area contributed by atoms with Gasteiger partial charge < -0.3 is 0 Å². The van der Waals surface area contributed by atoms with E-state index in [2.05, 4.69) is 28.7 Å². The number of aromatic nitrogens is 1. The molecule has 100 valence electrons. The highest BCUT2D eigenvalue weighted by Crippen LogP contribution is 2.12. The molecule has 0 bridgehead atoms. The number of unbranched alkanes of at least 4 members (excludes halogenated alkanes) is 5. The van der Waals surface area contributed by atoms with Crippen LogP contribution >= 0.6 is 22.7 Å². The predicted molar refractivity (Wildman–Crippen MR) is 83.5 cm³/mol. The SMILES string of the molecule is CCCCCCCCc1ccsc1.c1cscn1. The molecule has 2 heterocycles. The van der Waals surface area contributed by atoms with Crippen molar-refractivity contribution in [2.24, 2.45) is 0 Å². The Morgan fingerprint density at radius 3 is 2.39 bits per heavy atom. The summed E-state index contributed by atoms with van der Waals surface area (Å²) in [5.74, 6) is 0. The Morgan fingerprint density at radius 2 is 1.83 bits per heavy atom. The summed E-state index contributed by atoms with van der Waals surface area (Å²) in [6.45, 7) is 2.27. The molecular weight excluding hydrogens is 258 g/mol. The molecule has 1 nitrogen and oxygen atoms in total. The summed E-state index contributed by atoms with van der Waals surface area (Å²) in [4.78, 5) is 3.74. The summed E-state index contributed by atoms with van der Waals surface area (Å²) in [7, 11) is 0. The average Bonchev–Trinajstić information content (AvgIpc) is 3.07. The summed E-state index contributed by atoms with van der Waals surface area (Å²) in [6.07, 6.45) is 11.5. The second-order valence-electron chi connectivity index (χ2n) is 4.33. The Balaban J connectivity index is 0.000000269. The van der Waals surface area contributed by atoms with Crippen LogP contribution in [0.25, 0.3) is 0 Å². The Morgan fingerprint density at radius 1 is 1.00 bits per heavy atom. The van der Waals surface area contributed by atoms with Gasteiger partial charge in [0.1, 0.15) is 0 Å². The first-order valence-electron chi connectivity index (χ1n) is 6.76. The maximum absolute atomic E-state index is 3.74. The van der Waals surface area contributed by atoms with Crippen molar-refractivity contribution in [2.75, 3.05) is 0 Å². The molecule has 0 amide bonds. The first-order valence-corrected chi connectivity index (χ1v) is 8.65. The zero-order valence-electron chi connectivity index (χ0n) is 11.2. The zero-order valence-corrected chi connectivity index (χ0v) is 12.8. The number of nitrogens with zero attached hydrogens (tertiary/aromatic N) is 1. The molecule has 0 saturated carbocycles. The van der Waals surface area contributed by atoms with E-state index in [0.29, 0.717) is 0 Å². The van der Waals surface area contributed by atoms with Crippen molar-refractivity contribution in [1.29, 1.82) is 0 Å². The Bertz CT molecular complexity index is 323. The smallest absolute Gasteiger partial charge is 0.0791 e. The molecule has 2 aromatic rings. The lowest BCUT2D eigenvalue weighted by Gasteiger charge is -1.99. The largest absolute Gasteiger partial charge is 0.253 e. The molecule has 0 aliphatic heterocycles. The number of aryl methyl sites for hydroxylation is 1. The second kappa shape index (κ2) is 11.4. The quantitative estimate of drug-likeness (QED) is 0.585. The van der Waals surface area contributed by atoms with Gasteiger partial charge in [0.25, 0.3) is 0 Å². The van der Waals surface area contributed by atoms with Crippen molar-refractivity contribution in [3.8, 4) is 0 Å². The number of hydrogen-bond donors (Lipinski definition) is 0. The van der Waals surface area contributed by atoms with Crippen LogP contribution in [0.4, 0.5) is 0 Å². The van der Waals surface area contributed by atoms with Crippen molar-refractivity contribution in [3.63, 3.8) is 0 Å². The van der Waals surface area contributed by atoms with E-state index >= 15 is 0 Å². The fraction of sp³-hybridized carbons (Fsp3) is 0.533. The third kappa shape index (κ3) is 8.43. The van der Waals surface area contributed by atoms with Gasteiger partial charge in [0.15, 0.2) is 0 Å². The summed E-state index contributed by atoms with van der Waals surface area (Å²) in [6, 6.07) is 2.25. The minimum atomic E-state index is 1.29. The van der Waals surface area contributed by atoms with Crippen LogP contribution in [-0.2, 0) is 6.42 Å². The molecule has 2 rings (SSSR count). The summed E-state index contributed by atoms with van der Waals surface area (Å²) >= 11 is 3.41. The van der Waals surface area contributed by atoms with Gasteiger partial charge in [-0.2, -0.15) is 11.3 Å². The lowest BCUT2D eigenvalue weighted by molar-refractivity contribution is 0.608. The number of thiazole rings is 1. The van der Waals surface area contributed by atoms with E-state index in [1.165, 1.54) is 50.5 Å². The second-order valence-corrected chi connectivity index (χ2v) is 5.86. The van der Waals surface area contributed by atoms with Crippen LogP contribution in [0.2, 0.25) is 0 Å². The lowest BCUT2D eigenvalue weighted by Crippen LogP contribution is -1.83. The molecule has 0 N–H and O–H groups in total. The number of rotatable bonds is 7. The van der Waals surface area contributed by atoms with Gasteiger partial charge in [-0.25, -0.2) is 0 Å². The van der Waals surface area contributed by atoms with Crippen LogP contribution in [0.1, 0.15) is 51.0 Å². The topological polar surface area (TPSA) is 12.9 Å². The van der Waals surface area contributed by atoms with Gasteiger partial charge in [-0.1, -0.05) is 39.0 Å². The van der Waals surface area contributed by atoms with Gasteiger partial charge in [0.2, 0.25) is 0 Å². The molecule has 0 fully saturated rings. The van der Waals surface area contributed by atoms with E-state index in [-0.39, 0.29) is 0 Å². The van der Waals surface area contributed by atoms with Gasteiger partial charge in [0, 0.05) is 11.6 Å². The van der Waals surface area contributed by atoms with Gasteiger partial charge in [-0.3, -0.25) is 4.98 Å². The summed E-state index contributed by atoms with van der Waals surface area (Å²) in [5.41, 5.74) is 3.32. The van der Waals surface area contributed by atoms with Gasteiger partial charge >= 0.3 is 0 Å². The van der Waals surface area contributed by atoms with Crippen molar-refractivity contribution in [2.45, 2.75) is 51.9 Å². The summed E-state index contributed by atoms with van der Waals surface area (Å²) < 4.78 is 0. The van der Waals surface area contributed by atoms with Crippen LogP contribution in [0, 0.1) is 0 Å². The molecule has 0 unspecified atom stereocenters. The molecular formula is C15H23NS2. The standard InChI is InChI=1S/C12H20S.C3H3NS/c1-2-3-4-5-6-7-8-12-9-10-13-11-12;1-2-5-3-4-1/h9-11H,2-8H2,1H3;1-3H. The fourth-order valence-electron chi connectivity index (χ4n) is 1.72. The molecule has 3 heteroatoms. The molecule has 0 aliphatic carbocycles. The van der Waals surface area contributed by atoms with Crippen LogP contribution in [0.5, 0.6) is 0 Å². The molecule has 0 spiro atoms. The maximum atomic E-state index is 3.74. The van der Waals surface area contributed by atoms with Gasteiger partial charge in [-0.15, -0.1) is 11.3 Å². The highest BCUT2D eigenvalue weighted by molar-refractivity contribution is 7.08. The molecule has 18 heavy (non-hydrogen) atoms. The zero-order chi connectivity index (χ0) is 12.9. The van der Waals surface area contributed by atoms with Crippen LogP contribution < -0.4 is 0 Å². The Kier molecular flexibility index (Phi) is 9.76. The van der Waals surface area contributed by atoms with E-state index in [4.69, 9.17) is 0 Å². The van der Waals surface area contributed by atoms with E-state index in [0.717, 1.165) is 0 Å². The van der Waals surface area contributed by atoms with E-state index < -0.39 is 0 Å². The van der Waals surface area contributed by atoms with Gasteiger partial charge in [0.05, 0.1) is 5.51 Å². The first-order chi connectivity index (χ1) is 8.93. The van der Waals surface area contributed by atoms with Crippen LogP contribution in [0.15, 0.2) is 33.9 Å². The molecule has 0 aromatic carbocycles. The van der Waals surface area contributed by atoms with Crippen molar-refractivity contribution < 1.29 is 0 Å². The van der Waals surface area contributed by atoms with E-state index in [9.17, 15) is 0 Å². The normalized spacial score (nSPS) is 9.83. The highest BCUT2D eigenvalue weighted by Gasteiger charge is 1.93. The molecule has 0 atom stereocenters. The predicted octanol–water partition coefficient (Wildman–Crippen LogP) is 5.79. The minimum absolute atomic E-state index is 1.29. The van der Waals surface area contributed by atoms with Crippen molar-refractivity contribution >= 4 is 22.7 Å². The third-order valence-corrected chi connectivity index (χ3v) is 4.00. The molecule has 0 radical (unpaired) electrons. The minimum Gasteiger partial charge on any atom is -0.253 e. The monoisotopic (exact) mass is 281 g/mol. The van der Waals surface area contributed by atoms with E-state index in [1.54, 1.807) is 23.0 Å². The lowest BCUT2D eigenvalue weighted by atomic mass is 10.1. The third-order valence-electron chi connectivity index (χ3n) is 2.75. The van der Waals surface area contributed by atoms with E-state index in [1.807, 2.05) is 16.7 Å².